The van der Waals surface area contributed by atoms with Crippen LogP contribution in [0, 0.1) is 25.7 Å². The number of aliphatic hydroxyl groups excluding tert-OH is 1. The molecular formula is C36H43N3O7. The van der Waals surface area contributed by atoms with Crippen molar-refractivity contribution in [2.45, 2.75) is 63.3 Å². The Morgan fingerprint density at radius 3 is 2.63 bits per heavy atom. The van der Waals surface area contributed by atoms with Gasteiger partial charge in [-0.15, -0.1) is 13.2 Å². The van der Waals surface area contributed by atoms with Crippen molar-refractivity contribution in [3.05, 3.63) is 90.5 Å². The Hall–Kier alpha value is -4.28. The Morgan fingerprint density at radius 2 is 1.93 bits per heavy atom. The van der Waals surface area contributed by atoms with Gasteiger partial charge >= 0.3 is 5.97 Å². The van der Waals surface area contributed by atoms with Crippen LogP contribution in [0.15, 0.2) is 73.8 Å². The molecule has 2 aromatic carbocycles. The molecule has 10 heteroatoms. The van der Waals surface area contributed by atoms with E-state index < -0.39 is 47.5 Å². The SMILES string of the molecule is C=CCCC(=O)OC[C@H](NC(=O)[C@@H]1[C@H]2C(=O)N(CCO)[C@H](C(=O)N(CC=C)c3cc(C)ccc3C)[C@]23CC[C@H]1O3)c1ccccc1. The fourth-order valence-corrected chi connectivity index (χ4v) is 7.32. The molecule has 6 atom stereocenters. The number of hydrogen-bond donors (Lipinski definition) is 2. The van der Waals surface area contributed by atoms with Crippen LogP contribution >= 0.6 is 0 Å². The Kier molecular flexibility index (Phi) is 10.1. The highest BCUT2D eigenvalue weighted by atomic mass is 16.5. The minimum Gasteiger partial charge on any atom is -0.463 e. The van der Waals surface area contributed by atoms with Crippen molar-refractivity contribution in [3.8, 4) is 0 Å². The normalized spacial score (nSPS) is 25.1. The summed E-state index contributed by atoms with van der Waals surface area (Å²) < 4.78 is 12.1. The molecule has 3 amide bonds. The quantitative estimate of drug-likeness (QED) is 0.242. The van der Waals surface area contributed by atoms with Crippen molar-refractivity contribution in [1.82, 2.24) is 10.2 Å². The average molecular weight is 630 g/mol. The zero-order valence-corrected chi connectivity index (χ0v) is 26.5. The molecule has 46 heavy (non-hydrogen) atoms. The number of rotatable bonds is 14. The van der Waals surface area contributed by atoms with E-state index in [0.29, 0.717) is 24.9 Å². The number of aliphatic hydroxyl groups is 1. The van der Waals surface area contributed by atoms with Gasteiger partial charge in [-0.2, -0.15) is 0 Å². The number of carbonyl (C=O) groups excluding carboxylic acids is 4. The van der Waals surface area contributed by atoms with E-state index in [0.717, 1.165) is 16.7 Å². The molecular weight excluding hydrogens is 586 g/mol. The van der Waals surface area contributed by atoms with Gasteiger partial charge in [0.15, 0.2) is 0 Å². The standard InChI is InChI=1S/C36H43N3O7/c1-5-7-13-29(41)45-22-26(25-11-9-8-10-12-25)37-33(42)30-28-16-17-36(46-28)31(30)34(43)39(19-20-40)32(36)35(44)38(18-6-2)27-21-23(3)14-15-24(27)4/h5-6,8-12,14-15,21,26,28,30-32,40H,1-2,7,13,16-20,22H2,3-4H3,(H,37,42)/t26-,28+,30-,31-,32+,36-/m0/s1. The summed E-state index contributed by atoms with van der Waals surface area (Å²) in [6.07, 6.45) is 4.28. The largest absolute Gasteiger partial charge is 0.463 e. The van der Waals surface area contributed by atoms with Gasteiger partial charge in [-0.05, 0) is 55.9 Å². The minimum absolute atomic E-state index is 0.0715. The van der Waals surface area contributed by atoms with Crippen LogP contribution < -0.4 is 10.2 Å². The lowest BCUT2D eigenvalue weighted by Gasteiger charge is -2.37. The van der Waals surface area contributed by atoms with Crippen LogP contribution in [0.4, 0.5) is 5.69 Å². The molecule has 2 bridgehead atoms. The first-order valence-corrected chi connectivity index (χ1v) is 15.9. The highest BCUT2D eigenvalue weighted by Gasteiger charge is 2.74. The summed E-state index contributed by atoms with van der Waals surface area (Å²) in [5.41, 5.74) is 2.08. The van der Waals surface area contributed by atoms with Crippen molar-refractivity contribution >= 4 is 29.4 Å². The van der Waals surface area contributed by atoms with E-state index in [-0.39, 0.29) is 44.5 Å². The number of nitrogens with one attached hydrogen (secondary N) is 1. The minimum atomic E-state index is -1.23. The number of hydrogen-bond acceptors (Lipinski definition) is 7. The summed E-state index contributed by atoms with van der Waals surface area (Å²) in [6, 6.07) is 13.3. The number of fused-ring (bicyclic) bond motifs is 1. The van der Waals surface area contributed by atoms with Crippen LogP contribution in [-0.2, 0) is 28.7 Å². The maximum atomic E-state index is 14.6. The summed E-state index contributed by atoms with van der Waals surface area (Å²) in [6.45, 7) is 11.1. The van der Waals surface area contributed by atoms with Crippen LogP contribution in [0.25, 0.3) is 0 Å². The zero-order chi connectivity index (χ0) is 33.0. The summed E-state index contributed by atoms with van der Waals surface area (Å²) in [5, 5.41) is 13.0. The number of esters is 1. The third-order valence-electron chi connectivity index (χ3n) is 9.39. The van der Waals surface area contributed by atoms with Crippen LogP contribution in [-0.4, -0.2) is 77.7 Å². The molecule has 10 nitrogen and oxygen atoms in total. The number of benzene rings is 2. The molecule has 1 spiro atoms. The van der Waals surface area contributed by atoms with Gasteiger partial charge in [0.2, 0.25) is 11.8 Å². The summed E-state index contributed by atoms with van der Waals surface area (Å²) in [5.74, 6) is -3.32. The Bertz CT molecular complexity index is 1490. The molecule has 0 aromatic heterocycles. The number of carbonyl (C=O) groups is 4. The lowest BCUT2D eigenvalue weighted by Crippen LogP contribution is -2.57. The first kappa shape index (κ1) is 33.1. The summed E-state index contributed by atoms with van der Waals surface area (Å²) >= 11 is 0. The predicted octanol–water partition coefficient (Wildman–Crippen LogP) is 3.56. The molecule has 0 radical (unpaired) electrons. The lowest BCUT2D eigenvalue weighted by atomic mass is 9.70. The molecule has 2 N–H and O–H groups in total. The van der Waals surface area contributed by atoms with Crippen LogP contribution in [0.2, 0.25) is 0 Å². The maximum Gasteiger partial charge on any atom is 0.306 e. The van der Waals surface area contributed by atoms with E-state index >= 15 is 0 Å². The highest BCUT2D eigenvalue weighted by Crippen LogP contribution is 2.58. The monoisotopic (exact) mass is 629 g/mol. The smallest absolute Gasteiger partial charge is 0.306 e. The first-order chi connectivity index (χ1) is 22.2. The fraction of sp³-hybridized carbons (Fsp3) is 0.444. The number of anilines is 1. The maximum absolute atomic E-state index is 14.6. The van der Waals surface area contributed by atoms with Gasteiger partial charge in [0.1, 0.15) is 18.2 Å². The van der Waals surface area contributed by atoms with Gasteiger partial charge < -0.3 is 29.7 Å². The van der Waals surface area contributed by atoms with E-state index in [2.05, 4.69) is 18.5 Å². The van der Waals surface area contributed by atoms with Crippen LogP contribution in [0.1, 0.15) is 48.4 Å². The average Bonchev–Trinajstić information content (AvgIpc) is 3.69. The van der Waals surface area contributed by atoms with Crippen molar-refractivity contribution in [1.29, 1.82) is 0 Å². The van der Waals surface area contributed by atoms with Crippen molar-refractivity contribution in [2.75, 3.05) is 31.2 Å². The molecule has 0 unspecified atom stereocenters. The van der Waals surface area contributed by atoms with Crippen molar-refractivity contribution in [2.24, 2.45) is 11.8 Å². The molecule has 3 fully saturated rings. The Labute approximate surface area is 270 Å². The molecule has 0 aliphatic carbocycles. The third-order valence-corrected chi connectivity index (χ3v) is 9.39. The van der Waals surface area contributed by atoms with Gasteiger partial charge in [0.05, 0.1) is 30.6 Å². The van der Waals surface area contributed by atoms with Crippen LogP contribution in [0.3, 0.4) is 0 Å². The van der Waals surface area contributed by atoms with Crippen molar-refractivity contribution in [3.63, 3.8) is 0 Å². The Morgan fingerprint density at radius 1 is 1.17 bits per heavy atom. The molecule has 2 aromatic rings. The van der Waals surface area contributed by atoms with Gasteiger partial charge in [0.25, 0.3) is 5.91 Å². The number of nitrogens with zero attached hydrogens (tertiary/aromatic N) is 2. The molecule has 3 aliphatic heterocycles. The molecule has 5 rings (SSSR count). The number of β-amino-alcohol motifs (C(OH)–C–C–N with tert-alkyl or cyclic N) is 1. The van der Waals surface area contributed by atoms with E-state index in [1.807, 2.05) is 62.4 Å². The molecule has 0 saturated carbocycles. The fourth-order valence-electron chi connectivity index (χ4n) is 7.32. The number of aryl methyl sites for hydroxylation is 2. The first-order valence-electron chi connectivity index (χ1n) is 15.9. The number of amides is 3. The van der Waals surface area contributed by atoms with Crippen LogP contribution in [0.5, 0.6) is 0 Å². The zero-order valence-electron chi connectivity index (χ0n) is 26.5. The van der Waals surface area contributed by atoms with Gasteiger partial charge in [0, 0.05) is 25.2 Å². The van der Waals surface area contributed by atoms with Crippen molar-refractivity contribution < 1.29 is 33.8 Å². The second-order valence-corrected chi connectivity index (χ2v) is 12.3. The third kappa shape index (κ3) is 6.11. The van der Waals surface area contributed by atoms with E-state index in [4.69, 9.17) is 9.47 Å². The second kappa shape index (κ2) is 14.0. The van der Waals surface area contributed by atoms with E-state index in [1.165, 1.54) is 4.90 Å². The number of likely N-dealkylation sites (tertiary alicyclic amines) is 1. The summed E-state index contributed by atoms with van der Waals surface area (Å²) in [4.78, 5) is 58.2. The highest BCUT2D eigenvalue weighted by molar-refractivity contribution is 6.05. The number of ether oxygens (including phenoxy) is 2. The van der Waals surface area contributed by atoms with E-state index in [9.17, 15) is 24.3 Å². The number of allylic oxidation sites excluding steroid dienone is 1. The molecule has 3 saturated heterocycles. The lowest BCUT2D eigenvalue weighted by molar-refractivity contribution is -0.146. The molecule has 3 aliphatic rings. The van der Waals surface area contributed by atoms with Gasteiger partial charge in [-0.25, -0.2) is 0 Å². The summed E-state index contributed by atoms with van der Waals surface area (Å²) in [7, 11) is 0. The Balaban J connectivity index is 1.45. The molecule has 3 heterocycles. The predicted molar refractivity (Wildman–Crippen MR) is 173 cm³/mol. The van der Waals surface area contributed by atoms with E-state index in [1.54, 1.807) is 17.1 Å². The van der Waals surface area contributed by atoms with Gasteiger partial charge in [-0.3, -0.25) is 19.2 Å². The van der Waals surface area contributed by atoms with Gasteiger partial charge in [-0.1, -0.05) is 54.6 Å². The molecule has 244 valence electrons. The second-order valence-electron chi connectivity index (χ2n) is 12.3. The topological polar surface area (TPSA) is 125 Å².